The number of nitrogens with one attached hydrogen (secondary N) is 1. The molecule has 0 bridgehead atoms. The summed E-state index contributed by atoms with van der Waals surface area (Å²) < 4.78 is 11.0. The molecule has 2 aliphatic rings. The van der Waals surface area contributed by atoms with Crippen molar-refractivity contribution in [2.75, 3.05) is 19.0 Å². The summed E-state index contributed by atoms with van der Waals surface area (Å²) in [4.78, 5) is 24.7. The highest BCUT2D eigenvalue weighted by Gasteiger charge is 2.41. The number of carbonyl (C=O) groups excluding carboxylic acids is 2. The van der Waals surface area contributed by atoms with Gasteiger partial charge in [0.15, 0.2) is 23.9 Å². The largest absolute Gasteiger partial charge is 0.493 e. The van der Waals surface area contributed by atoms with Crippen LogP contribution in [0.25, 0.3) is 16.3 Å². The maximum Gasteiger partial charge on any atom is 0.255 e. The molecule has 174 valence electrons. The Bertz CT molecular complexity index is 1360. The Balaban J connectivity index is 1.67. The van der Waals surface area contributed by atoms with Crippen LogP contribution in [0.1, 0.15) is 43.9 Å². The summed E-state index contributed by atoms with van der Waals surface area (Å²) >= 11 is 0. The van der Waals surface area contributed by atoms with Crippen molar-refractivity contribution >= 4 is 33.7 Å². The van der Waals surface area contributed by atoms with Gasteiger partial charge in [-0.2, -0.15) is 0 Å². The third kappa shape index (κ3) is 3.79. The zero-order valence-corrected chi connectivity index (χ0v) is 19.6. The van der Waals surface area contributed by atoms with Gasteiger partial charge in [0.1, 0.15) is 0 Å². The minimum atomic E-state index is -0.561. The predicted octanol–water partition coefficient (Wildman–Crippen LogP) is 5.02. The molecule has 5 rings (SSSR count). The fraction of sp³-hybridized carbons (Fsp3) is 0.286. The SMILES string of the molecule is COc1cc([C@@H]2Nc3ccc4ccccc4c3C3=C2C(=O)CC(C)(C)C3)ccc1OCC(N)=O. The normalized spacial score (nSPS) is 18.7. The average Bonchev–Trinajstić information content (AvgIpc) is 2.80. The van der Waals surface area contributed by atoms with Crippen molar-refractivity contribution in [2.45, 2.75) is 32.7 Å². The number of ether oxygens (including phenoxy) is 2. The molecule has 0 spiro atoms. The lowest BCUT2D eigenvalue weighted by molar-refractivity contribution is -0.120. The van der Waals surface area contributed by atoms with E-state index in [0.717, 1.165) is 45.2 Å². The van der Waals surface area contributed by atoms with E-state index >= 15 is 0 Å². The summed E-state index contributed by atoms with van der Waals surface area (Å²) in [5.41, 5.74) is 10.1. The number of Topliss-reactive ketones (excluding diaryl/α,β-unsaturated/α-hetero) is 1. The van der Waals surface area contributed by atoms with Crippen molar-refractivity contribution in [2.24, 2.45) is 11.1 Å². The molecule has 0 aromatic heterocycles. The molecule has 3 N–H and O–H groups in total. The quantitative estimate of drug-likeness (QED) is 0.562. The second kappa shape index (κ2) is 8.20. The molecule has 1 aliphatic heterocycles. The van der Waals surface area contributed by atoms with Gasteiger partial charge in [0.05, 0.1) is 13.2 Å². The molecule has 1 heterocycles. The summed E-state index contributed by atoms with van der Waals surface area (Å²) in [7, 11) is 1.55. The van der Waals surface area contributed by atoms with Crippen LogP contribution < -0.4 is 20.5 Å². The van der Waals surface area contributed by atoms with Crippen molar-refractivity contribution in [1.29, 1.82) is 0 Å². The zero-order chi connectivity index (χ0) is 24.0. The Hall–Kier alpha value is -3.80. The van der Waals surface area contributed by atoms with E-state index in [2.05, 4.69) is 43.4 Å². The van der Waals surface area contributed by atoms with Gasteiger partial charge in [0.25, 0.3) is 5.91 Å². The molecule has 6 heteroatoms. The van der Waals surface area contributed by atoms with Gasteiger partial charge in [-0.1, -0.05) is 50.2 Å². The van der Waals surface area contributed by atoms with E-state index in [1.54, 1.807) is 13.2 Å². The fourth-order valence-electron chi connectivity index (χ4n) is 5.22. The number of rotatable bonds is 5. The van der Waals surface area contributed by atoms with Gasteiger partial charge < -0.3 is 20.5 Å². The minimum absolute atomic E-state index is 0.115. The van der Waals surface area contributed by atoms with E-state index < -0.39 is 5.91 Å². The lowest BCUT2D eigenvalue weighted by Crippen LogP contribution is -2.33. The van der Waals surface area contributed by atoms with Crippen LogP contribution in [0.2, 0.25) is 0 Å². The molecule has 1 atom stereocenters. The minimum Gasteiger partial charge on any atom is -0.493 e. The maximum absolute atomic E-state index is 13.6. The molecule has 0 radical (unpaired) electrons. The Labute approximate surface area is 198 Å². The molecule has 0 fully saturated rings. The zero-order valence-electron chi connectivity index (χ0n) is 19.6. The van der Waals surface area contributed by atoms with Crippen molar-refractivity contribution in [3.63, 3.8) is 0 Å². The lowest BCUT2D eigenvalue weighted by Gasteiger charge is -2.40. The average molecular weight is 457 g/mol. The van der Waals surface area contributed by atoms with Crippen molar-refractivity contribution in [1.82, 2.24) is 0 Å². The number of fused-ring (bicyclic) bond motifs is 4. The number of allylic oxidation sites excluding steroid dienone is 1. The van der Waals surface area contributed by atoms with Gasteiger partial charge >= 0.3 is 0 Å². The maximum atomic E-state index is 13.6. The van der Waals surface area contributed by atoms with Crippen LogP contribution >= 0.6 is 0 Å². The fourth-order valence-corrected chi connectivity index (χ4v) is 5.22. The second-order valence-corrected chi connectivity index (χ2v) is 9.79. The summed E-state index contributed by atoms with van der Waals surface area (Å²) in [5.74, 6) is 0.512. The van der Waals surface area contributed by atoms with E-state index in [-0.39, 0.29) is 23.8 Å². The van der Waals surface area contributed by atoms with E-state index in [9.17, 15) is 9.59 Å². The first-order chi connectivity index (χ1) is 16.3. The van der Waals surface area contributed by atoms with Crippen LogP contribution in [0.3, 0.4) is 0 Å². The van der Waals surface area contributed by atoms with Gasteiger partial charge in [0.2, 0.25) is 0 Å². The molecule has 0 saturated heterocycles. The van der Waals surface area contributed by atoms with Crippen LogP contribution in [-0.4, -0.2) is 25.4 Å². The van der Waals surface area contributed by atoms with Crippen LogP contribution in [0, 0.1) is 5.41 Å². The first kappa shape index (κ1) is 22.0. The highest BCUT2D eigenvalue weighted by Crippen LogP contribution is 2.52. The molecular weight excluding hydrogens is 428 g/mol. The van der Waals surface area contributed by atoms with Crippen LogP contribution in [0.5, 0.6) is 11.5 Å². The first-order valence-electron chi connectivity index (χ1n) is 11.4. The highest BCUT2D eigenvalue weighted by atomic mass is 16.5. The number of hydrogen-bond donors (Lipinski definition) is 2. The van der Waals surface area contributed by atoms with Crippen LogP contribution in [-0.2, 0) is 9.59 Å². The van der Waals surface area contributed by atoms with E-state index in [1.165, 1.54) is 0 Å². The molecular formula is C28H28N2O4. The molecule has 0 saturated carbocycles. The Morgan fingerprint density at radius 1 is 1.09 bits per heavy atom. The number of methoxy groups -OCH3 is 1. The van der Waals surface area contributed by atoms with Gasteiger partial charge in [-0.15, -0.1) is 0 Å². The number of ketones is 1. The van der Waals surface area contributed by atoms with Gasteiger partial charge in [-0.3, -0.25) is 9.59 Å². The van der Waals surface area contributed by atoms with Gasteiger partial charge in [0, 0.05) is 23.2 Å². The monoisotopic (exact) mass is 456 g/mol. The van der Waals surface area contributed by atoms with Crippen molar-refractivity contribution < 1.29 is 19.1 Å². The highest BCUT2D eigenvalue weighted by molar-refractivity contribution is 6.12. The number of benzene rings is 3. The predicted molar refractivity (Wildman–Crippen MR) is 133 cm³/mol. The third-order valence-corrected chi connectivity index (χ3v) is 6.63. The first-order valence-corrected chi connectivity index (χ1v) is 11.4. The van der Waals surface area contributed by atoms with Gasteiger partial charge in [-0.05, 0) is 51.9 Å². The topological polar surface area (TPSA) is 90.7 Å². The number of anilines is 1. The molecule has 3 aromatic carbocycles. The Morgan fingerprint density at radius 2 is 1.88 bits per heavy atom. The van der Waals surface area contributed by atoms with E-state index in [0.29, 0.717) is 17.9 Å². The summed E-state index contributed by atoms with van der Waals surface area (Å²) in [5, 5.41) is 5.94. The van der Waals surface area contributed by atoms with Crippen molar-refractivity contribution in [3.8, 4) is 11.5 Å². The summed E-state index contributed by atoms with van der Waals surface area (Å²) in [6.45, 7) is 4.08. The number of primary amides is 1. The second-order valence-electron chi connectivity index (χ2n) is 9.79. The van der Waals surface area contributed by atoms with Crippen LogP contribution in [0.4, 0.5) is 5.69 Å². The molecule has 1 aliphatic carbocycles. The standard InChI is InChI=1S/C28H28N2O4/c1-28(2)13-19-25-18-7-5-4-6-16(18)8-10-20(25)30-27(26(19)21(31)14-28)17-9-11-22(23(12-17)33-3)34-15-24(29)32/h4-12,27,30H,13-15H2,1-3H3,(H2,29,32)/t27-/m0/s1. The lowest BCUT2D eigenvalue weighted by atomic mass is 9.68. The molecule has 34 heavy (non-hydrogen) atoms. The molecule has 1 amide bonds. The number of nitrogens with two attached hydrogens (primary N) is 1. The Kier molecular flexibility index (Phi) is 5.31. The number of amides is 1. The van der Waals surface area contributed by atoms with Crippen molar-refractivity contribution in [3.05, 3.63) is 71.3 Å². The van der Waals surface area contributed by atoms with Crippen LogP contribution in [0.15, 0.2) is 60.2 Å². The number of carbonyl (C=O) groups is 2. The molecule has 6 nitrogen and oxygen atoms in total. The third-order valence-electron chi connectivity index (χ3n) is 6.63. The molecule has 3 aromatic rings. The summed E-state index contributed by atoms with van der Waals surface area (Å²) in [6.07, 6.45) is 1.32. The summed E-state index contributed by atoms with van der Waals surface area (Å²) in [6, 6.07) is 17.7. The smallest absolute Gasteiger partial charge is 0.255 e. The Morgan fingerprint density at radius 3 is 2.65 bits per heavy atom. The van der Waals surface area contributed by atoms with E-state index in [1.807, 2.05) is 24.3 Å². The number of hydrogen-bond acceptors (Lipinski definition) is 5. The molecule has 0 unspecified atom stereocenters. The van der Waals surface area contributed by atoms with E-state index in [4.69, 9.17) is 15.2 Å². The van der Waals surface area contributed by atoms with Gasteiger partial charge in [-0.25, -0.2) is 0 Å².